The van der Waals surface area contributed by atoms with Gasteiger partial charge in [-0.25, -0.2) is 18.5 Å². The third kappa shape index (κ3) is 4.29. The summed E-state index contributed by atoms with van der Waals surface area (Å²) in [6, 6.07) is 0. The van der Waals surface area contributed by atoms with E-state index in [2.05, 4.69) is 9.88 Å². The zero-order valence-electron chi connectivity index (χ0n) is 11.4. The number of rotatable bonds is 4. The van der Waals surface area contributed by atoms with Gasteiger partial charge in [-0.05, 0) is 38.8 Å². The second kappa shape index (κ2) is 5.60. The predicted octanol–water partition coefficient (Wildman–Crippen LogP) is 0.792. The van der Waals surface area contributed by atoms with Crippen molar-refractivity contribution in [2.24, 2.45) is 11.1 Å². The molecule has 2 heterocycles. The molecule has 0 aliphatic carbocycles. The van der Waals surface area contributed by atoms with Gasteiger partial charge in [0.1, 0.15) is 5.76 Å². The van der Waals surface area contributed by atoms with Gasteiger partial charge in [0.2, 0.25) is 10.0 Å². The minimum Gasteiger partial charge on any atom is -0.446 e. The Bertz CT molecular complexity index is 530. The molecule has 0 amide bonds. The van der Waals surface area contributed by atoms with Crippen molar-refractivity contribution >= 4 is 10.0 Å². The molecule has 1 aromatic heterocycles. The van der Waals surface area contributed by atoms with E-state index >= 15 is 0 Å². The summed E-state index contributed by atoms with van der Waals surface area (Å²) in [5, 5.41) is 5.08. The van der Waals surface area contributed by atoms with Crippen LogP contribution in [0.15, 0.2) is 4.42 Å². The molecule has 7 heteroatoms. The molecule has 0 bridgehead atoms. The van der Waals surface area contributed by atoms with Crippen molar-refractivity contribution in [1.82, 2.24) is 9.88 Å². The lowest BCUT2D eigenvalue weighted by molar-refractivity contribution is 0.184. The van der Waals surface area contributed by atoms with Gasteiger partial charge in [0.15, 0.2) is 5.89 Å². The normalized spacial score (nSPS) is 18.9. The number of sulfonamides is 1. The summed E-state index contributed by atoms with van der Waals surface area (Å²) in [6.07, 6.45) is 1.73. The molecule has 2 rings (SSSR count). The first-order valence-electron chi connectivity index (χ1n) is 6.49. The first kappa shape index (κ1) is 14.5. The van der Waals surface area contributed by atoms with Crippen molar-refractivity contribution < 1.29 is 12.8 Å². The topological polar surface area (TPSA) is 89.4 Å². The van der Waals surface area contributed by atoms with Gasteiger partial charge in [-0.2, -0.15) is 0 Å². The number of nitrogens with zero attached hydrogens (tertiary/aromatic N) is 2. The van der Waals surface area contributed by atoms with Gasteiger partial charge in [-0.1, -0.05) is 0 Å². The summed E-state index contributed by atoms with van der Waals surface area (Å²) in [6.45, 7) is 6.29. The molecule has 1 aliphatic heterocycles. The van der Waals surface area contributed by atoms with Crippen molar-refractivity contribution in [2.75, 3.05) is 18.8 Å². The van der Waals surface area contributed by atoms with E-state index in [0.717, 1.165) is 43.9 Å². The van der Waals surface area contributed by atoms with Crippen LogP contribution in [0.1, 0.15) is 30.2 Å². The quantitative estimate of drug-likeness (QED) is 0.884. The molecular weight excluding hydrogens is 266 g/mol. The van der Waals surface area contributed by atoms with Crippen LogP contribution in [0.3, 0.4) is 0 Å². The molecule has 0 atom stereocenters. The number of hydrogen-bond donors (Lipinski definition) is 1. The summed E-state index contributed by atoms with van der Waals surface area (Å²) in [4.78, 5) is 6.64. The Kier molecular flexibility index (Phi) is 4.27. The number of piperidine rings is 1. The van der Waals surface area contributed by atoms with Crippen LogP contribution in [0.2, 0.25) is 0 Å². The standard InChI is InChI=1S/C12H21N3O3S/c1-9-12(14-10(2)18-9)7-15-5-3-11(4-6-15)8-19(13,16)17/h11H,3-8H2,1-2H3,(H2,13,16,17). The summed E-state index contributed by atoms with van der Waals surface area (Å²) >= 11 is 0. The molecule has 1 saturated heterocycles. The van der Waals surface area contributed by atoms with Gasteiger partial charge in [0.25, 0.3) is 0 Å². The average Bonchev–Trinajstić information content (AvgIpc) is 2.58. The fourth-order valence-corrected chi connectivity index (χ4v) is 3.56. The average molecular weight is 287 g/mol. The maximum absolute atomic E-state index is 11.1. The fourth-order valence-electron chi connectivity index (χ4n) is 2.57. The first-order chi connectivity index (χ1) is 8.83. The Hall–Kier alpha value is -0.920. The number of aryl methyl sites for hydroxylation is 2. The molecule has 19 heavy (non-hydrogen) atoms. The molecule has 1 aromatic rings. The van der Waals surface area contributed by atoms with E-state index in [9.17, 15) is 8.42 Å². The van der Waals surface area contributed by atoms with Gasteiger partial charge in [-0.3, -0.25) is 4.90 Å². The molecule has 0 unspecified atom stereocenters. The molecule has 0 aromatic carbocycles. The molecule has 0 radical (unpaired) electrons. The summed E-state index contributed by atoms with van der Waals surface area (Å²) in [5.41, 5.74) is 0.974. The number of hydrogen-bond acceptors (Lipinski definition) is 5. The zero-order chi connectivity index (χ0) is 14.0. The number of aromatic nitrogens is 1. The highest BCUT2D eigenvalue weighted by Crippen LogP contribution is 2.21. The first-order valence-corrected chi connectivity index (χ1v) is 8.21. The van der Waals surface area contributed by atoms with Crippen LogP contribution in [-0.2, 0) is 16.6 Å². The van der Waals surface area contributed by atoms with E-state index in [-0.39, 0.29) is 11.7 Å². The SMILES string of the molecule is Cc1nc(CN2CCC(CS(N)(=O)=O)CC2)c(C)o1. The number of likely N-dealkylation sites (tertiary alicyclic amines) is 1. The van der Waals surface area contributed by atoms with E-state index in [1.807, 2.05) is 13.8 Å². The Morgan fingerprint density at radius 3 is 2.47 bits per heavy atom. The van der Waals surface area contributed by atoms with Gasteiger partial charge in [0, 0.05) is 13.5 Å². The molecule has 0 saturated carbocycles. The molecule has 6 nitrogen and oxygen atoms in total. The highest BCUT2D eigenvalue weighted by atomic mass is 32.2. The van der Waals surface area contributed by atoms with Crippen LogP contribution >= 0.6 is 0 Å². The number of oxazole rings is 1. The lowest BCUT2D eigenvalue weighted by Gasteiger charge is -2.30. The van der Waals surface area contributed by atoms with Crippen molar-refractivity contribution in [2.45, 2.75) is 33.2 Å². The van der Waals surface area contributed by atoms with Crippen molar-refractivity contribution in [3.8, 4) is 0 Å². The minimum atomic E-state index is -3.35. The largest absolute Gasteiger partial charge is 0.446 e. The van der Waals surface area contributed by atoms with Crippen LogP contribution in [0.5, 0.6) is 0 Å². The predicted molar refractivity (Wildman–Crippen MR) is 72.0 cm³/mol. The Labute approximate surface area is 114 Å². The van der Waals surface area contributed by atoms with Gasteiger partial charge in [0.05, 0.1) is 11.4 Å². The Morgan fingerprint density at radius 2 is 2.00 bits per heavy atom. The highest BCUT2D eigenvalue weighted by Gasteiger charge is 2.23. The van der Waals surface area contributed by atoms with Crippen LogP contribution in [-0.4, -0.2) is 37.1 Å². The van der Waals surface area contributed by atoms with Crippen molar-refractivity contribution in [3.63, 3.8) is 0 Å². The van der Waals surface area contributed by atoms with Gasteiger partial charge >= 0.3 is 0 Å². The Morgan fingerprint density at radius 1 is 1.37 bits per heavy atom. The van der Waals surface area contributed by atoms with Crippen molar-refractivity contribution in [3.05, 3.63) is 17.3 Å². The maximum atomic E-state index is 11.1. The van der Waals surface area contributed by atoms with Gasteiger partial charge in [-0.15, -0.1) is 0 Å². The fraction of sp³-hybridized carbons (Fsp3) is 0.750. The summed E-state index contributed by atoms with van der Waals surface area (Å²) in [7, 11) is -3.35. The third-order valence-corrected chi connectivity index (χ3v) is 4.48. The second-order valence-electron chi connectivity index (χ2n) is 5.28. The van der Waals surface area contributed by atoms with E-state index in [4.69, 9.17) is 9.56 Å². The van der Waals surface area contributed by atoms with E-state index in [0.29, 0.717) is 5.89 Å². The van der Waals surface area contributed by atoms with Gasteiger partial charge < -0.3 is 4.42 Å². The molecule has 1 aliphatic rings. The number of primary sulfonamides is 1. The van der Waals surface area contributed by atoms with Crippen LogP contribution in [0.25, 0.3) is 0 Å². The second-order valence-corrected chi connectivity index (χ2v) is 6.94. The molecule has 1 fully saturated rings. The van der Waals surface area contributed by atoms with E-state index < -0.39 is 10.0 Å². The van der Waals surface area contributed by atoms with E-state index in [1.54, 1.807) is 0 Å². The lowest BCUT2D eigenvalue weighted by Crippen LogP contribution is -2.36. The third-order valence-electron chi connectivity index (χ3n) is 3.55. The molecule has 0 spiro atoms. The molecule has 108 valence electrons. The highest BCUT2D eigenvalue weighted by molar-refractivity contribution is 7.89. The number of nitrogens with two attached hydrogens (primary N) is 1. The van der Waals surface area contributed by atoms with Crippen LogP contribution in [0, 0.1) is 19.8 Å². The monoisotopic (exact) mass is 287 g/mol. The van der Waals surface area contributed by atoms with Crippen LogP contribution < -0.4 is 5.14 Å². The lowest BCUT2D eigenvalue weighted by atomic mass is 9.99. The smallest absolute Gasteiger partial charge is 0.209 e. The minimum absolute atomic E-state index is 0.100. The molecule has 2 N–H and O–H groups in total. The summed E-state index contributed by atoms with van der Waals surface area (Å²) in [5.74, 6) is 1.84. The zero-order valence-corrected chi connectivity index (χ0v) is 12.2. The van der Waals surface area contributed by atoms with Crippen LogP contribution in [0.4, 0.5) is 0 Å². The molecular formula is C12H21N3O3S. The van der Waals surface area contributed by atoms with Crippen molar-refractivity contribution in [1.29, 1.82) is 0 Å². The maximum Gasteiger partial charge on any atom is 0.209 e. The summed E-state index contributed by atoms with van der Waals surface area (Å²) < 4.78 is 27.5. The van der Waals surface area contributed by atoms with E-state index in [1.165, 1.54) is 0 Å². The Balaban J connectivity index is 1.85.